The molecule has 3 aromatic rings. The van der Waals surface area contributed by atoms with Gasteiger partial charge in [-0.3, -0.25) is 9.59 Å². The number of aromatic nitrogens is 2. The molecule has 1 amide bonds. The Bertz CT molecular complexity index is 1430. The average molecular weight is 499 g/mol. The molecule has 0 aliphatic heterocycles. The van der Waals surface area contributed by atoms with Crippen molar-refractivity contribution in [2.24, 2.45) is 5.10 Å². The van der Waals surface area contributed by atoms with E-state index in [-0.39, 0.29) is 18.7 Å². The Hall–Kier alpha value is -4.17. The van der Waals surface area contributed by atoms with E-state index in [9.17, 15) is 28.0 Å². The molecule has 0 spiro atoms. The van der Waals surface area contributed by atoms with Crippen LogP contribution in [-0.2, 0) is 28.9 Å². The highest BCUT2D eigenvalue weighted by Gasteiger charge is 2.30. The summed E-state index contributed by atoms with van der Waals surface area (Å²) >= 11 is 0. The lowest BCUT2D eigenvalue weighted by molar-refractivity contribution is -0.137. The van der Waals surface area contributed by atoms with E-state index in [0.29, 0.717) is 33.9 Å². The molecule has 0 radical (unpaired) electrons. The largest absolute Gasteiger partial charge is 0.416 e. The summed E-state index contributed by atoms with van der Waals surface area (Å²) in [4.78, 5) is 25.1. The summed E-state index contributed by atoms with van der Waals surface area (Å²) in [7, 11) is 1.45. The molecule has 0 aliphatic rings. The number of nitriles is 1. The molecule has 8 nitrogen and oxygen atoms in total. The highest BCUT2D eigenvalue weighted by atomic mass is 19.4. The highest BCUT2D eigenvalue weighted by molar-refractivity contribution is 5.84. The van der Waals surface area contributed by atoms with Gasteiger partial charge in [-0.05, 0) is 51.1 Å². The van der Waals surface area contributed by atoms with Crippen molar-refractivity contribution in [3.05, 3.63) is 86.1 Å². The van der Waals surface area contributed by atoms with Crippen molar-refractivity contribution in [3.8, 4) is 11.8 Å². The number of hydrogen-bond donors (Lipinski definition) is 1. The lowest BCUT2D eigenvalue weighted by atomic mass is 10.1. The van der Waals surface area contributed by atoms with Gasteiger partial charge in [-0.15, -0.1) is 0 Å². The summed E-state index contributed by atoms with van der Waals surface area (Å²) in [5.74, 6) is -0.591. The van der Waals surface area contributed by atoms with Gasteiger partial charge in [0.25, 0.3) is 11.5 Å². The number of alkyl halides is 3. The maximum absolute atomic E-state index is 13.1. The average Bonchev–Trinajstić information content (AvgIpc) is 3.09. The summed E-state index contributed by atoms with van der Waals surface area (Å²) in [6.07, 6.45) is -3.08. The first-order chi connectivity index (χ1) is 17.0. The van der Waals surface area contributed by atoms with Crippen LogP contribution in [0.2, 0.25) is 0 Å². The Kier molecular flexibility index (Phi) is 7.80. The topological polar surface area (TPSA) is 101 Å². The molecule has 0 fully saturated rings. The zero-order valence-electron chi connectivity index (χ0n) is 20.1. The monoisotopic (exact) mass is 499 g/mol. The summed E-state index contributed by atoms with van der Waals surface area (Å²) in [5.41, 5.74) is 4.06. The van der Waals surface area contributed by atoms with E-state index in [1.54, 1.807) is 43.5 Å². The standard InChI is InChI=1S/C25H24F3N5O3/c1-15-8-19(14-36-4)22(11-29)24(35)32(15)13-23(34)31-30-12-18-9-16(2)33(17(18)3)21-7-5-6-20(10-21)25(26,27)28/h5-10,12H,13-14H2,1-4H3,(H,31,34)/b30-12-. The molecule has 2 heterocycles. The van der Waals surface area contributed by atoms with Gasteiger partial charge in [0.05, 0.1) is 18.4 Å². The van der Waals surface area contributed by atoms with E-state index in [1.165, 1.54) is 24.0 Å². The maximum Gasteiger partial charge on any atom is 0.416 e. The minimum atomic E-state index is -4.46. The number of ether oxygens (including phenoxy) is 1. The number of aryl methyl sites for hydroxylation is 2. The van der Waals surface area contributed by atoms with E-state index < -0.39 is 23.2 Å². The van der Waals surface area contributed by atoms with Crippen LogP contribution in [-0.4, -0.2) is 28.4 Å². The molecule has 0 saturated carbocycles. The Morgan fingerprint density at radius 2 is 1.92 bits per heavy atom. The number of carbonyl (C=O) groups excluding carboxylic acids is 1. The Labute approximate surface area is 205 Å². The zero-order valence-corrected chi connectivity index (χ0v) is 20.1. The molecule has 0 aliphatic carbocycles. The number of rotatable bonds is 7. The molecule has 3 rings (SSSR count). The fourth-order valence-electron chi connectivity index (χ4n) is 3.91. The van der Waals surface area contributed by atoms with Crippen LogP contribution in [0.5, 0.6) is 0 Å². The number of amides is 1. The number of carbonyl (C=O) groups is 1. The number of nitrogens with one attached hydrogen (secondary N) is 1. The van der Waals surface area contributed by atoms with E-state index in [4.69, 9.17) is 4.74 Å². The minimum absolute atomic E-state index is 0.0925. The predicted molar refractivity (Wildman–Crippen MR) is 127 cm³/mol. The molecule has 1 N–H and O–H groups in total. The Morgan fingerprint density at radius 3 is 2.56 bits per heavy atom. The summed E-state index contributed by atoms with van der Waals surface area (Å²) in [6.45, 7) is 4.85. The van der Waals surface area contributed by atoms with Gasteiger partial charge < -0.3 is 13.9 Å². The van der Waals surface area contributed by atoms with Crippen LogP contribution in [0.1, 0.15) is 39.3 Å². The number of benzene rings is 1. The second kappa shape index (κ2) is 10.6. The molecule has 188 valence electrons. The molecule has 0 saturated heterocycles. The number of halogens is 3. The zero-order chi connectivity index (χ0) is 26.6. The number of hydrazone groups is 1. The van der Waals surface area contributed by atoms with Crippen molar-refractivity contribution in [2.75, 3.05) is 7.11 Å². The van der Waals surface area contributed by atoms with E-state index in [2.05, 4.69) is 10.5 Å². The van der Waals surface area contributed by atoms with Crippen molar-refractivity contribution in [1.29, 1.82) is 5.26 Å². The molecular weight excluding hydrogens is 475 g/mol. The van der Waals surface area contributed by atoms with E-state index in [1.807, 2.05) is 6.07 Å². The van der Waals surface area contributed by atoms with Crippen molar-refractivity contribution >= 4 is 12.1 Å². The fraction of sp³-hybridized carbons (Fsp3) is 0.280. The van der Waals surface area contributed by atoms with Crippen molar-refractivity contribution in [3.63, 3.8) is 0 Å². The van der Waals surface area contributed by atoms with Gasteiger partial charge in [-0.2, -0.15) is 23.5 Å². The number of hydrogen-bond acceptors (Lipinski definition) is 5. The van der Waals surface area contributed by atoms with Gasteiger partial charge in [-0.25, -0.2) is 5.43 Å². The van der Waals surface area contributed by atoms with Crippen molar-refractivity contribution in [2.45, 2.75) is 40.1 Å². The smallest absolute Gasteiger partial charge is 0.380 e. The first kappa shape index (κ1) is 26.4. The maximum atomic E-state index is 13.1. The molecule has 11 heteroatoms. The quantitative estimate of drug-likeness (QED) is 0.395. The van der Waals surface area contributed by atoms with Gasteiger partial charge in [0.2, 0.25) is 0 Å². The van der Waals surface area contributed by atoms with Gasteiger partial charge >= 0.3 is 6.18 Å². The van der Waals surface area contributed by atoms with Crippen molar-refractivity contribution in [1.82, 2.24) is 14.6 Å². The normalized spacial score (nSPS) is 11.6. The molecule has 0 atom stereocenters. The van der Waals surface area contributed by atoms with E-state index in [0.717, 1.165) is 12.1 Å². The van der Waals surface area contributed by atoms with Crippen LogP contribution < -0.4 is 11.0 Å². The van der Waals surface area contributed by atoms with Crippen LogP contribution in [0.4, 0.5) is 13.2 Å². The molecule has 0 unspecified atom stereocenters. The van der Waals surface area contributed by atoms with Crippen LogP contribution in [0.15, 0.2) is 46.3 Å². The Morgan fingerprint density at radius 1 is 1.19 bits per heavy atom. The van der Waals surface area contributed by atoms with Crippen LogP contribution in [0.25, 0.3) is 5.69 Å². The third kappa shape index (κ3) is 5.55. The number of methoxy groups -OCH3 is 1. The third-order valence-electron chi connectivity index (χ3n) is 5.60. The second-order valence-corrected chi connectivity index (χ2v) is 8.13. The summed E-state index contributed by atoms with van der Waals surface area (Å²) < 4.78 is 47.2. The lowest BCUT2D eigenvalue weighted by Gasteiger charge is -2.13. The van der Waals surface area contributed by atoms with E-state index >= 15 is 0 Å². The summed E-state index contributed by atoms with van der Waals surface area (Å²) in [6, 6.07) is 10.2. The summed E-state index contributed by atoms with van der Waals surface area (Å²) in [5, 5.41) is 13.3. The van der Waals surface area contributed by atoms with Crippen LogP contribution in [0.3, 0.4) is 0 Å². The first-order valence-corrected chi connectivity index (χ1v) is 10.8. The molecular formula is C25H24F3N5O3. The van der Waals surface area contributed by atoms with Crippen LogP contribution in [0, 0.1) is 32.1 Å². The lowest BCUT2D eigenvalue weighted by Crippen LogP contribution is -2.33. The molecule has 1 aromatic carbocycles. The highest BCUT2D eigenvalue weighted by Crippen LogP contribution is 2.31. The fourth-order valence-corrected chi connectivity index (χ4v) is 3.91. The number of nitrogens with zero attached hydrogens (tertiary/aromatic N) is 4. The number of pyridine rings is 1. The predicted octanol–water partition coefficient (Wildman–Crippen LogP) is 3.75. The second-order valence-electron chi connectivity index (χ2n) is 8.13. The van der Waals surface area contributed by atoms with Gasteiger partial charge in [0.1, 0.15) is 18.2 Å². The Balaban J connectivity index is 1.79. The molecule has 2 aromatic heterocycles. The van der Waals surface area contributed by atoms with Crippen molar-refractivity contribution < 1.29 is 22.7 Å². The minimum Gasteiger partial charge on any atom is -0.380 e. The SMILES string of the molecule is COCc1cc(C)n(CC(=O)N/N=C\c2cc(C)n(-c3cccc(C(F)(F)F)c3)c2C)c(=O)c1C#N. The van der Waals surface area contributed by atoms with Gasteiger partial charge in [-0.1, -0.05) is 6.07 Å². The molecule has 36 heavy (non-hydrogen) atoms. The van der Waals surface area contributed by atoms with Crippen LogP contribution >= 0.6 is 0 Å². The first-order valence-electron chi connectivity index (χ1n) is 10.8. The van der Waals surface area contributed by atoms with Gasteiger partial charge in [0, 0.05) is 41.0 Å². The third-order valence-corrected chi connectivity index (χ3v) is 5.60. The molecule has 0 bridgehead atoms. The van der Waals surface area contributed by atoms with Gasteiger partial charge in [0.15, 0.2) is 0 Å².